The lowest BCUT2D eigenvalue weighted by molar-refractivity contribution is -0.120. The average Bonchev–Trinajstić information content (AvgIpc) is 2.53. The largest absolute Gasteiger partial charge is 0.324 e. The monoisotopic (exact) mass is 331 g/mol. The second-order valence-corrected chi connectivity index (χ2v) is 6.07. The van der Waals surface area contributed by atoms with Gasteiger partial charge in [0.1, 0.15) is 17.4 Å². The Hall–Kier alpha value is -2.41. The number of nitrogens with zero attached hydrogens (tertiary/aromatic N) is 2. The fourth-order valence-corrected chi connectivity index (χ4v) is 3.19. The Balaban J connectivity index is 1.76. The normalized spacial score (nSPS) is 13.7. The van der Waals surface area contributed by atoms with Crippen LogP contribution in [0.2, 0.25) is 0 Å². The van der Waals surface area contributed by atoms with Crippen LogP contribution in [0.5, 0.6) is 0 Å². The first-order valence-corrected chi connectivity index (χ1v) is 7.97. The first kappa shape index (κ1) is 15.5. The number of aromatic nitrogens is 1. The summed E-state index contributed by atoms with van der Waals surface area (Å²) in [4.78, 5) is 30.0. The lowest BCUT2D eigenvalue weighted by Crippen LogP contribution is -2.41. The van der Waals surface area contributed by atoms with Gasteiger partial charge < -0.3 is 5.32 Å². The summed E-state index contributed by atoms with van der Waals surface area (Å²) in [5, 5.41) is 3.44. The molecule has 1 aromatic heterocycles. The van der Waals surface area contributed by atoms with Crippen molar-refractivity contribution < 1.29 is 14.0 Å². The molecule has 118 valence electrons. The van der Waals surface area contributed by atoms with Crippen LogP contribution in [0.25, 0.3) is 0 Å². The zero-order valence-corrected chi connectivity index (χ0v) is 13.2. The molecule has 0 aliphatic carbocycles. The van der Waals surface area contributed by atoms with E-state index in [0.29, 0.717) is 16.9 Å². The van der Waals surface area contributed by atoms with Gasteiger partial charge >= 0.3 is 0 Å². The Labute approximate surface area is 136 Å². The molecule has 0 spiro atoms. The summed E-state index contributed by atoms with van der Waals surface area (Å²) in [5.74, 6) is -0.577. The van der Waals surface area contributed by atoms with E-state index >= 15 is 0 Å². The first-order valence-electron chi connectivity index (χ1n) is 6.99. The molecule has 1 aliphatic rings. The number of pyridine rings is 1. The van der Waals surface area contributed by atoms with Crippen molar-refractivity contribution >= 4 is 35.0 Å². The van der Waals surface area contributed by atoms with E-state index in [1.165, 1.54) is 34.9 Å². The van der Waals surface area contributed by atoms with Crippen molar-refractivity contribution in [2.75, 3.05) is 22.5 Å². The summed E-state index contributed by atoms with van der Waals surface area (Å²) in [5.41, 5.74) is 1.79. The Morgan fingerprint density at radius 2 is 2.26 bits per heavy atom. The third-order valence-corrected chi connectivity index (χ3v) is 4.42. The Kier molecular flexibility index (Phi) is 4.29. The molecule has 1 aliphatic heterocycles. The number of carbonyl (C=O) groups is 2. The SMILES string of the molecule is Cc1cc(F)ccc1NC(=O)CN1C(=O)CSc2ncccc21. The number of aryl methyl sites for hydroxylation is 1. The maximum atomic E-state index is 13.1. The summed E-state index contributed by atoms with van der Waals surface area (Å²) in [6, 6.07) is 7.63. The molecule has 0 unspecified atom stereocenters. The van der Waals surface area contributed by atoms with Gasteiger partial charge in [0.15, 0.2) is 0 Å². The average molecular weight is 331 g/mol. The molecule has 0 radical (unpaired) electrons. The molecule has 7 heteroatoms. The molecule has 3 rings (SSSR count). The van der Waals surface area contributed by atoms with Gasteiger partial charge in [-0.3, -0.25) is 14.5 Å². The van der Waals surface area contributed by atoms with Gasteiger partial charge in [-0.15, -0.1) is 0 Å². The number of benzene rings is 1. The van der Waals surface area contributed by atoms with E-state index in [0.717, 1.165) is 5.03 Å². The van der Waals surface area contributed by atoms with E-state index in [1.807, 2.05) is 0 Å². The van der Waals surface area contributed by atoms with Gasteiger partial charge in [0.05, 0.1) is 11.4 Å². The maximum Gasteiger partial charge on any atom is 0.244 e. The summed E-state index contributed by atoms with van der Waals surface area (Å²) in [7, 11) is 0. The predicted octanol–water partition coefficient (Wildman–Crippen LogP) is 2.61. The number of hydrogen-bond acceptors (Lipinski definition) is 4. The molecular formula is C16H14FN3O2S. The molecule has 0 saturated carbocycles. The summed E-state index contributed by atoms with van der Waals surface area (Å²) < 4.78 is 13.1. The van der Waals surface area contributed by atoms with E-state index in [9.17, 15) is 14.0 Å². The minimum atomic E-state index is -0.358. The zero-order valence-electron chi connectivity index (χ0n) is 12.4. The highest BCUT2D eigenvalue weighted by Crippen LogP contribution is 2.32. The lowest BCUT2D eigenvalue weighted by Gasteiger charge is -2.27. The van der Waals surface area contributed by atoms with Crippen molar-refractivity contribution in [2.24, 2.45) is 0 Å². The summed E-state index contributed by atoms with van der Waals surface area (Å²) >= 11 is 1.36. The van der Waals surface area contributed by atoms with Gasteiger partial charge in [0, 0.05) is 11.9 Å². The molecule has 1 N–H and O–H groups in total. The molecule has 5 nitrogen and oxygen atoms in total. The molecule has 0 bridgehead atoms. The van der Waals surface area contributed by atoms with Crippen molar-refractivity contribution in [3.05, 3.63) is 47.9 Å². The number of amides is 2. The van der Waals surface area contributed by atoms with Crippen LogP contribution >= 0.6 is 11.8 Å². The van der Waals surface area contributed by atoms with E-state index in [2.05, 4.69) is 10.3 Å². The highest BCUT2D eigenvalue weighted by atomic mass is 32.2. The van der Waals surface area contributed by atoms with Crippen LogP contribution in [0.3, 0.4) is 0 Å². The third kappa shape index (κ3) is 3.34. The topological polar surface area (TPSA) is 62.3 Å². The van der Waals surface area contributed by atoms with Crippen LogP contribution in [0.4, 0.5) is 15.8 Å². The zero-order chi connectivity index (χ0) is 16.4. The van der Waals surface area contributed by atoms with Crippen molar-refractivity contribution in [1.29, 1.82) is 0 Å². The minimum absolute atomic E-state index is 0.102. The van der Waals surface area contributed by atoms with Crippen molar-refractivity contribution in [2.45, 2.75) is 11.9 Å². The lowest BCUT2D eigenvalue weighted by atomic mass is 10.2. The number of thioether (sulfide) groups is 1. The second kappa shape index (κ2) is 6.37. The molecule has 2 amide bonds. The quantitative estimate of drug-likeness (QED) is 0.939. The number of hydrogen-bond donors (Lipinski definition) is 1. The van der Waals surface area contributed by atoms with Crippen LogP contribution in [0, 0.1) is 12.7 Å². The molecule has 2 aromatic rings. The molecule has 23 heavy (non-hydrogen) atoms. The number of carbonyl (C=O) groups excluding carboxylic acids is 2. The van der Waals surface area contributed by atoms with Gasteiger partial charge in [-0.1, -0.05) is 11.8 Å². The van der Waals surface area contributed by atoms with E-state index in [4.69, 9.17) is 0 Å². The standard InChI is InChI=1S/C16H14FN3O2S/c1-10-7-11(17)4-5-12(10)19-14(21)8-20-13-3-2-6-18-16(13)23-9-15(20)22/h2-7H,8-9H2,1H3,(H,19,21). The van der Waals surface area contributed by atoms with Crippen LogP contribution in [0.15, 0.2) is 41.6 Å². The molecular weight excluding hydrogens is 317 g/mol. The van der Waals surface area contributed by atoms with Gasteiger partial charge in [-0.2, -0.15) is 0 Å². The highest BCUT2D eigenvalue weighted by Gasteiger charge is 2.27. The van der Waals surface area contributed by atoms with Gasteiger partial charge in [-0.05, 0) is 42.8 Å². The molecule has 2 heterocycles. The van der Waals surface area contributed by atoms with Gasteiger partial charge in [0.25, 0.3) is 0 Å². The number of rotatable bonds is 3. The molecule has 0 atom stereocenters. The molecule has 0 fully saturated rings. The summed E-state index contributed by atoms with van der Waals surface area (Å²) in [6.07, 6.45) is 1.65. The molecule has 1 aromatic carbocycles. The maximum absolute atomic E-state index is 13.1. The third-order valence-electron chi connectivity index (χ3n) is 3.44. The van der Waals surface area contributed by atoms with Crippen LogP contribution in [-0.2, 0) is 9.59 Å². The minimum Gasteiger partial charge on any atom is -0.324 e. The fraction of sp³-hybridized carbons (Fsp3) is 0.188. The van der Waals surface area contributed by atoms with Gasteiger partial charge in [-0.25, -0.2) is 9.37 Å². The van der Waals surface area contributed by atoms with E-state index in [-0.39, 0.29) is 29.9 Å². The van der Waals surface area contributed by atoms with Crippen LogP contribution < -0.4 is 10.2 Å². The van der Waals surface area contributed by atoms with E-state index in [1.54, 1.807) is 25.3 Å². The van der Waals surface area contributed by atoms with E-state index < -0.39 is 0 Å². The van der Waals surface area contributed by atoms with Crippen molar-refractivity contribution in [1.82, 2.24) is 4.98 Å². The smallest absolute Gasteiger partial charge is 0.244 e. The van der Waals surface area contributed by atoms with Crippen LogP contribution in [-0.4, -0.2) is 29.1 Å². The number of anilines is 2. The predicted molar refractivity (Wildman–Crippen MR) is 87.1 cm³/mol. The Morgan fingerprint density at radius 3 is 3.04 bits per heavy atom. The number of nitrogens with one attached hydrogen (secondary N) is 1. The fourth-order valence-electron chi connectivity index (χ4n) is 2.32. The Bertz CT molecular complexity index is 782. The second-order valence-electron chi connectivity index (χ2n) is 5.10. The Morgan fingerprint density at radius 1 is 1.43 bits per heavy atom. The van der Waals surface area contributed by atoms with Crippen LogP contribution in [0.1, 0.15) is 5.56 Å². The highest BCUT2D eigenvalue weighted by molar-refractivity contribution is 8.00. The van der Waals surface area contributed by atoms with Crippen molar-refractivity contribution in [3.8, 4) is 0 Å². The van der Waals surface area contributed by atoms with Gasteiger partial charge in [0.2, 0.25) is 11.8 Å². The van der Waals surface area contributed by atoms with Crippen molar-refractivity contribution in [3.63, 3.8) is 0 Å². The first-order chi connectivity index (χ1) is 11.0. The summed E-state index contributed by atoms with van der Waals surface area (Å²) in [6.45, 7) is 1.61. The number of fused-ring (bicyclic) bond motifs is 1. The molecule has 0 saturated heterocycles. The number of halogens is 1.